The maximum Gasteiger partial charge on any atom is 0.250 e. The molecule has 0 saturated heterocycles. The lowest BCUT2D eigenvalue weighted by Crippen LogP contribution is -2.19. The molecule has 0 unspecified atom stereocenters. The number of thioether (sulfide) groups is 1. The van der Waals surface area contributed by atoms with Crippen molar-refractivity contribution in [2.45, 2.75) is 11.8 Å². The van der Waals surface area contributed by atoms with Gasteiger partial charge in [0, 0.05) is 20.4 Å². The zero-order chi connectivity index (χ0) is 17.6. The van der Waals surface area contributed by atoms with E-state index >= 15 is 0 Å². The van der Waals surface area contributed by atoms with Crippen LogP contribution in [0.4, 0.5) is 0 Å². The Hall–Kier alpha value is -2.18. The van der Waals surface area contributed by atoms with Gasteiger partial charge in [0.05, 0.1) is 17.5 Å². The van der Waals surface area contributed by atoms with Crippen LogP contribution in [-0.4, -0.2) is 22.9 Å². The van der Waals surface area contributed by atoms with Gasteiger partial charge in [-0.25, -0.2) is 5.43 Å². The zero-order valence-corrected chi connectivity index (χ0v) is 16.0. The van der Waals surface area contributed by atoms with Crippen LogP contribution < -0.4 is 5.43 Å². The normalized spacial score (nSPS) is 11.1. The van der Waals surface area contributed by atoms with Crippen molar-refractivity contribution in [3.63, 3.8) is 0 Å². The first-order valence-corrected chi connectivity index (χ1v) is 9.46. The number of nitrogens with one attached hydrogen (secondary N) is 1. The number of amides is 1. The first-order valence-electron chi connectivity index (χ1n) is 7.68. The molecule has 0 aliphatic heterocycles. The third-order valence-corrected chi connectivity index (χ3v) is 4.97. The van der Waals surface area contributed by atoms with Gasteiger partial charge in [0.2, 0.25) is 5.91 Å². The molecule has 126 valence electrons. The van der Waals surface area contributed by atoms with Gasteiger partial charge in [-0.05, 0) is 36.8 Å². The minimum Gasteiger partial charge on any atom is -0.272 e. The van der Waals surface area contributed by atoms with Gasteiger partial charge < -0.3 is 0 Å². The fourth-order valence-electron chi connectivity index (χ4n) is 2.33. The van der Waals surface area contributed by atoms with Crippen molar-refractivity contribution >= 4 is 50.7 Å². The molecule has 0 aliphatic rings. The fourth-order valence-corrected chi connectivity index (χ4v) is 3.68. The molecule has 0 aliphatic carbocycles. The van der Waals surface area contributed by atoms with Crippen LogP contribution in [0.5, 0.6) is 0 Å². The van der Waals surface area contributed by atoms with E-state index in [-0.39, 0.29) is 5.91 Å². The highest BCUT2D eigenvalue weighted by Crippen LogP contribution is 2.27. The lowest BCUT2D eigenvalue weighted by atomic mass is 10.2. The van der Waals surface area contributed by atoms with Gasteiger partial charge in [0.1, 0.15) is 0 Å². The molecule has 0 fully saturated rings. The summed E-state index contributed by atoms with van der Waals surface area (Å²) in [4.78, 5) is 17.6. The molecule has 6 heteroatoms. The Bertz CT molecular complexity index is 943. The minimum atomic E-state index is -0.144. The standard InChI is InChI=1S/C19H16BrN3OS/c1-13-9-18(16-7-2-3-8-17(16)22-13)25-12-19(24)23-21-11-14-5-4-6-15(20)10-14/h2-11H,12H2,1H3,(H,23,24)/b21-11-. The summed E-state index contributed by atoms with van der Waals surface area (Å²) < 4.78 is 0.971. The molecule has 1 aromatic heterocycles. The van der Waals surface area contributed by atoms with Crippen LogP contribution in [0.3, 0.4) is 0 Å². The molecular formula is C19H16BrN3OS. The van der Waals surface area contributed by atoms with E-state index in [1.165, 1.54) is 11.8 Å². The zero-order valence-electron chi connectivity index (χ0n) is 13.6. The second kappa shape index (κ2) is 8.27. The number of pyridine rings is 1. The molecule has 4 nitrogen and oxygen atoms in total. The molecule has 3 aromatic rings. The number of fused-ring (bicyclic) bond motifs is 1. The van der Waals surface area contributed by atoms with Crippen LogP contribution in [0, 0.1) is 6.92 Å². The Kier molecular flexibility index (Phi) is 5.83. The molecule has 0 saturated carbocycles. The predicted molar refractivity (Wildman–Crippen MR) is 107 cm³/mol. The van der Waals surface area contributed by atoms with Crippen molar-refractivity contribution in [1.29, 1.82) is 0 Å². The van der Waals surface area contributed by atoms with E-state index in [2.05, 4.69) is 31.4 Å². The Balaban J connectivity index is 1.61. The van der Waals surface area contributed by atoms with Gasteiger partial charge in [-0.2, -0.15) is 5.10 Å². The second-order valence-electron chi connectivity index (χ2n) is 5.42. The van der Waals surface area contributed by atoms with Crippen molar-refractivity contribution < 1.29 is 4.79 Å². The maximum absolute atomic E-state index is 12.0. The number of hydrogen-bond donors (Lipinski definition) is 1. The van der Waals surface area contributed by atoms with E-state index in [1.807, 2.05) is 61.5 Å². The first-order chi connectivity index (χ1) is 12.1. The highest BCUT2D eigenvalue weighted by atomic mass is 79.9. The number of nitrogens with zero attached hydrogens (tertiary/aromatic N) is 2. The number of carbonyl (C=O) groups excluding carboxylic acids is 1. The summed E-state index contributed by atoms with van der Waals surface area (Å²) in [6.45, 7) is 1.96. The number of aryl methyl sites for hydroxylation is 1. The minimum absolute atomic E-state index is 0.144. The number of halogens is 1. The number of aromatic nitrogens is 1. The lowest BCUT2D eigenvalue weighted by molar-refractivity contribution is -0.118. The summed E-state index contributed by atoms with van der Waals surface area (Å²) in [5, 5.41) is 5.06. The first kappa shape index (κ1) is 17.6. The van der Waals surface area contributed by atoms with Crippen molar-refractivity contribution in [2.24, 2.45) is 5.10 Å². The molecule has 2 aromatic carbocycles. The molecule has 0 radical (unpaired) electrons. The topological polar surface area (TPSA) is 54.4 Å². The van der Waals surface area contributed by atoms with Crippen LogP contribution in [0.2, 0.25) is 0 Å². The third-order valence-electron chi connectivity index (χ3n) is 3.42. The highest BCUT2D eigenvalue weighted by Gasteiger charge is 2.07. The number of hydrogen-bond acceptors (Lipinski definition) is 4. The number of para-hydroxylation sites is 1. The molecular weight excluding hydrogens is 398 g/mol. The summed E-state index contributed by atoms with van der Waals surface area (Å²) in [7, 11) is 0. The fraction of sp³-hybridized carbons (Fsp3) is 0.105. The van der Waals surface area contributed by atoms with Gasteiger partial charge in [0.15, 0.2) is 0 Å². The molecule has 0 atom stereocenters. The second-order valence-corrected chi connectivity index (χ2v) is 7.35. The molecule has 0 spiro atoms. The molecule has 25 heavy (non-hydrogen) atoms. The monoisotopic (exact) mass is 413 g/mol. The SMILES string of the molecule is Cc1cc(SCC(=O)N/N=C\c2cccc(Br)c2)c2ccccc2n1. The number of carbonyl (C=O) groups is 1. The van der Waals surface area contributed by atoms with Gasteiger partial charge in [-0.15, -0.1) is 11.8 Å². The van der Waals surface area contributed by atoms with E-state index in [0.717, 1.165) is 31.5 Å². The average Bonchev–Trinajstić information content (AvgIpc) is 2.59. The summed E-state index contributed by atoms with van der Waals surface area (Å²) in [5.74, 6) is 0.151. The van der Waals surface area contributed by atoms with Crippen LogP contribution >= 0.6 is 27.7 Å². The van der Waals surface area contributed by atoms with Gasteiger partial charge in [-0.1, -0.05) is 46.3 Å². The molecule has 0 bridgehead atoms. The quantitative estimate of drug-likeness (QED) is 0.379. The number of benzene rings is 2. The molecule has 1 N–H and O–H groups in total. The summed E-state index contributed by atoms with van der Waals surface area (Å²) in [6, 6.07) is 17.6. The van der Waals surface area contributed by atoms with Gasteiger partial charge in [0.25, 0.3) is 0 Å². The average molecular weight is 414 g/mol. The van der Waals surface area contributed by atoms with Crippen molar-refractivity contribution in [3.05, 3.63) is 70.3 Å². The lowest BCUT2D eigenvalue weighted by Gasteiger charge is -2.07. The smallest absolute Gasteiger partial charge is 0.250 e. The van der Waals surface area contributed by atoms with Crippen LogP contribution in [-0.2, 0) is 4.79 Å². The highest BCUT2D eigenvalue weighted by molar-refractivity contribution is 9.10. The number of rotatable bonds is 5. The Morgan fingerprint density at radius 1 is 1.24 bits per heavy atom. The predicted octanol–water partition coefficient (Wildman–Crippen LogP) is 4.55. The third kappa shape index (κ3) is 4.90. The van der Waals surface area contributed by atoms with E-state index in [9.17, 15) is 4.79 Å². The van der Waals surface area contributed by atoms with Crippen LogP contribution in [0.15, 0.2) is 69.1 Å². The van der Waals surface area contributed by atoms with Crippen molar-refractivity contribution in [3.8, 4) is 0 Å². The van der Waals surface area contributed by atoms with Gasteiger partial charge >= 0.3 is 0 Å². The van der Waals surface area contributed by atoms with E-state index in [4.69, 9.17) is 0 Å². The van der Waals surface area contributed by atoms with Crippen molar-refractivity contribution in [1.82, 2.24) is 10.4 Å². The largest absolute Gasteiger partial charge is 0.272 e. The summed E-state index contributed by atoms with van der Waals surface area (Å²) in [6.07, 6.45) is 1.62. The Morgan fingerprint density at radius 3 is 2.92 bits per heavy atom. The molecule has 1 amide bonds. The maximum atomic E-state index is 12.0. The van der Waals surface area contributed by atoms with E-state index in [0.29, 0.717) is 5.75 Å². The summed E-state index contributed by atoms with van der Waals surface area (Å²) >= 11 is 4.89. The van der Waals surface area contributed by atoms with Gasteiger partial charge in [-0.3, -0.25) is 9.78 Å². The molecule has 3 rings (SSSR count). The van der Waals surface area contributed by atoms with E-state index in [1.54, 1.807) is 6.21 Å². The number of hydrazone groups is 1. The Labute approximate surface area is 158 Å². The Morgan fingerprint density at radius 2 is 2.08 bits per heavy atom. The van der Waals surface area contributed by atoms with Crippen LogP contribution in [0.1, 0.15) is 11.3 Å². The molecule has 1 heterocycles. The van der Waals surface area contributed by atoms with Crippen molar-refractivity contribution in [2.75, 3.05) is 5.75 Å². The van der Waals surface area contributed by atoms with E-state index < -0.39 is 0 Å². The van der Waals surface area contributed by atoms with Crippen LogP contribution in [0.25, 0.3) is 10.9 Å². The summed E-state index contributed by atoms with van der Waals surface area (Å²) in [5.41, 5.74) is 5.36.